The van der Waals surface area contributed by atoms with Crippen LogP contribution in [0.15, 0.2) is 12.1 Å². The third-order valence-electron chi connectivity index (χ3n) is 3.31. The maximum Gasteiger partial charge on any atom is 0.324 e. The average Bonchev–Trinajstić information content (AvgIpc) is 2.94. The van der Waals surface area contributed by atoms with Crippen LogP contribution in [-0.4, -0.2) is 40.0 Å². The minimum Gasteiger partial charge on any atom is -0.394 e. The first kappa shape index (κ1) is 13.0. The van der Waals surface area contributed by atoms with Crippen LogP contribution in [0.4, 0.5) is 5.00 Å². The molecule has 1 fully saturated rings. The van der Waals surface area contributed by atoms with Crippen molar-refractivity contribution in [1.29, 1.82) is 0 Å². The van der Waals surface area contributed by atoms with Crippen LogP contribution in [0.2, 0.25) is 0 Å². The van der Waals surface area contributed by atoms with Crippen LogP contribution >= 0.6 is 11.3 Å². The van der Waals surface area contributed by atoms with Gasteiger partial charge in [0, 0.05) is 12.6 Å². The molecule has 2 atom stereocenters. The van der Waals surface area contributed by atoms with E-state index in [1.54, 1.807) is 4.90 Å². The molecule has 0 aliphatic carbocycles. The smallest absolute Gasteiger partial charge is 0.324 e. The predicted octanol–water partition coefficient (Wildman–Crippen LogP) is 1.50. The van der Waals surface area contributed by atoms with Gasteiger partial charge in [-0.2, -0.15) is 0 Å². The quantitative estimate of drug-likeness (QED) is 0.666. The summed E-state index contributed by atoms with van der Waals surface area (Å²) in [4.78, 5) is 24.2. The lowest BCUT2D eigenvalue weighted by molar-refractivity contribution is -0.380. The summed E-state index contributed by atoms with van der Waals surface area (Å²) >= 11 is 0.878. The van der Waals surface area contributed by atoms with E-state index in [4.69, 9.17) is 0 Å². The molecule has 1 aliphatic heterocycles. The lowest BCUT2D eigenvalue weighted by Crippen LogP contribution is -2.39. The van der Waals surface area contributed by atoms with Crippen LogP contribution in [0.5, 0.6) is 0 Å². The van der Waals surface area contributed by atoms with Crippen molar-refractivity contribution in [3.63, 3.8) is 0 Å². The van der Waals surface area contributed by atoms with E-state index in [1.165, 1.54) is 12.1 Å². The Balaban J connectivity index is 2.18. The number of carbonyl (C=O) groups excluding carboxylic acids is 1. The summed E-state index contributed by atoms with van der Waals surface area (Å²) in [7, 11) is 0. The summed E-state index contributed by atoms with van der Waals surface area (Å²) in [5.74, 6) is 0.0328. The second-order valence-electron chi connectivity index (χ2n) is 4.41. The van der Waals surface area contributed by atoms with Gasteiger partial charge >= 0.3 is 5.00 Å². The maximum absolute atomic E-state index is 12.2. The van der Waals surface area contributed by atoms with Crippen LogP contribution in [0.3, 0.4) is 0 Å². The standard InChI is InChI=1S/C11H14N2O4S/c1-7-4-5-12(8(7)6-14)11(15)9-2-3-10(18-9)13(16)17/h2-3,7-8,14H,4-6H2,1H3. The normalized spacial score (nSPS) is 23.3. The van der Waals surface area contributed by atoms with Crippen LogP contribution in [0, 0.1) is 16.0 Å². The van der Waals surface area contributed by atoms with Gasteiger partial charge < -0.3 is 10.0 Å². The molecule has 6 nitrogen and oxygen atoms in total. The predicted molar refractivity (Wildman–Crippen MR) is 66.7 cm³/mol. The molecule has 0 bridgehead atoms. The molecule has 2 unspecified atom stereocenters. The molecule has 2 heterocycles. The fraction of sp³-hybridized carbons (Fsp3) is 0.545. The monoisotopic (exact) mass is 270 g/mol. The molecule has 7 heteroatoms. The largest absolute Gasteiger partial charge is 0.394 e. The van der Waals surface area contributed by atoms with Gasteiger partial charge in [0.25, 0.3) is 5.91 Å². The highest BCUT2D eigenvalue weighted by molar-refractivity contribution is 7.17. The van der Waals surface area contributed by atoms with Gasteiger partial charge in [-0.3, -0.25) is 14.9 Å². The second kappa shape index (κ2) is 5.03. The van der Waals surface area contributed by atoms with Crippen LogP contribution in [-0.2, 0) is 0 Å². The molecular weight excluding hydrogens is 256 g/mol. The number of aliphatic hydroxyl groups is 1. The highest BCUT2D eigenvalue weighted by Gasteiger charge is 2.35. The van der Waals surface area contributed by atoms with E-state index in [0.29, 0.717) is 11.4 Å². The minimum absolute atomic E-state index is 0.0360. The van der Waals surface area contributed by atoms with Gasteiger partial charge in [0.1, 0.15) is 0 Å². The number of amides is 1. The second-order valence-corrected chi connectivity index (χ2v) is 5.47. The topological polar surface area (TPSA) is 83.7 Å². The SMILES string of the molecule is CC1CCN(C(=O)c2ccc([N+](=O)[O-])s2)C1CO. The minimum atomic E-state index is -0.502. The van der Waals surface area contributed by atoms with Crippen molar-refractivity contribution < 1.29 is 14.8 Å². The molecule has 1 aliphatic rings. The molecule has 2 rings (SSSR count). The lowest BCUT2D eigenvalue weighted by Gasteiger charge is -2.24. The van der Waals surface area contributed by atoms with Crippen molar-refractivity contribution in [2.45, 2.75) is 19.4 Å². The van der Waals surface area contributed by atoms with Crippen LogP contribution in [0.1, 0.15) is 23.0 Å². The summed E-state index contributed by atoms with van der Waals surface area (Å²) in [6.07, 6.45) is 0.852. The Kier molecular flexibility index (Phi) is 3.63. The molecule has 0 radical (unpaired) electrons. The number of likely N-dealkylation sites (tertiary alicyclic amines) is 1. The van der Waals surface area contributed by atoms with Crippen molar-refractivity contribution in [1.82, 2.24) is 4.90 Å². The first-order chi connectivity index (χ1) is 8.54. The molecular formula is C11H14N2O4S. The number of rotatable bonds is 3. The van der Waals surface area contributed by atoms with Crippen molar-refractivity contribution >= 4 is 22.2 Å². The molecule has 0 saturated carbocycles. The third-order valence-corrected chi connectivity index (χ3v) is 4.34. The van der Waals surface area contributed by atoms with E-state index in [0.717, 1.165) is 17.8 Å². The van der Waals surface area contributed by atoms with E-state index in [2.05, 4.69) is 0 Å². The Morgan fingerprint density at radius 3 is 2.94 bits per heavy atom. The molecule has 0 spiro atoms. The highest BCUT2D eigenvalue weighted by atomic mass is 32.1. The number of carbonyl (C=O) groups is 1. The van der Waals surface area contributed by atoms with Gasteiger partial charge in [0.15, 0.2) is 0 Å². The van der Waals surface area contributed by atoms with Gasteiger partial charge in [-0.1, -0.05) is 18.3 Å². The molecule has 18 heavy (non-hydrogen) atoms. The van der Waals surface area contributed by atoms with Crippen LogP contribution in [0.25, 0.3) is 0 Å². The summed E-state index contributed by atoms with van der Waals surface area (Å²) in [6, 6.07) is 2.63. The summed E-state index contributed by atoms with van der Waals surface area (Å²) in [6.45, 7) is 2.52. The Morgan fingerprint density at radius 1 is 1.67 bits per heavy atom. The van der Waals surface area contributed by atoms with Gasteiger partial charge in [0.05, 0.1) is 22.4 Å². The Bertz CT molecular complexity index is 473. The number of thiophene rings is 1. The zero-order valence-corrected chi connectivity index (χ0v) is 10.7. The average molecular weight is 270 g/mol. The Labute approximate surface area is 108 Å². The van der Waals surface area contributed by atoms with Gasteiger partial charge in [-0.25, -0.2) is 0 Å². The Hall–Kier alpha value is -1.47. The fourth-order valence-corrected chi connectivity index (χ4v) is 3.00. The Morgan fingerprint density at radius 2 is 2.39 bits per heavy atom. The number of hydrogen-bond acceptors (Lipinski definition) is 5. The number of nitro groups is 1. The molecule has 0 aromatic carbocycles. The first-order valence-corrected chi connectivity index (χ1v) is 6.52. The lowest BCUT2D eigenvalue weighted by atomic mass is 10.0. The zero-order valence-electron chi connectivity index (χ0n) is 9.91. The molecule has 1 saturated heterocycles. The van der Waals surface area contributed by atoms with E-state index in [1.807, 2.05) is 6.92 Å². The van der Waals surface area contributed by atoms with E-state index in [-0.39, 0.29) is 29.5 Å². The summed E-state index contributed by atoms with van der Waals surface area (Å²) < 4.78 is 0. The van der Waals surface area contributed by atoms with E-state index in [9.17, 15) is 20.0 Å². The molecule has 1 aromatic heterocycles. The molecule has 98 valence electrons. The summed E-state index contributed by atoms with van der Waals surface area (Å²) in [5, 5.41) is 19.8. The van der Waals surface area contributed by atoms with Crippen molar-refractivity contribution in [3.05, 3.63) is 27.1 Å². The summed E-state index contributed by atoms with van der Waals surface area (Å²) in [5.41, 5.74) is 0. The number of aliphatic hydroxyl groups excluding tert-OH is 1. The van der Waals surface area contributed by atoms with Gasteiger partial charge in [-0.05, 0) is 18.4 Å². The zero-order chi connectivity index (χ0) is 13.3. The van der Waals surface area contributed by atoms with Crippen LogP contribution < -0.4 is 0 Å². The van der Waals surface area contributed by atoms with Crippen molar-refractivity contribution in [2.24, 2.45) is 5.92 Å². The van der Waals surface area contributed by atoms with Crippen molar-refractivity contribution in [2.75, 3.05) is 13.2 Å². The molecule has 1 amide bonds. The highest BCUT2D eigenvalue weighted by Crippen LogP contribution is 2.29. The van der Waals surface area contributed by atoms with Gasteiger partial charge in [0.2, 0.25) is 0 Å². The van der Waals surface area contributed by atoms with Gasteiger partial charge in [-0.15, -0.1) is 0 Å². The van der Waals surface area contributed by atoms with E-state index < -0.39 is 4.92 Å². The molecule has 1 N–H and O–H groups in total. The fourth-order valence-electron chi connectivity index (χ4n) is 2.22. The maximum atomic E-state index is 12.2. The third kappa shape index (κ3) is 2.23. The first-order valence-electron chi connectivity index (χ1n) is 5.70. The van der Waals surface area contributed by atoms with Crippen molar-refractivity contribution in [3.8, 4) is 0 Å². The number of nitrogens with zero attached hydrogens (tertiary/aromatic N) is 2. The molecule has 1 aromatic rings. The number of hydrogen-bond donors (Lipinski definition) is 1. The van der Waals surface area contributed by atoms with E-state index >= 15 is 0 Å².